The number of allylic oxidation sites excluding steroid dienone is 3. The molecule has 1 N–H and O–H groups in total. The van der Waals surface area contributed by atoms with Gasteiger partial charge in [-0.3, -0.25) is 0 Å². The molecule has 0 unspecified atom stereocenters. The van der Waals surface area contributed by atoms with Crippen molar-refractivity contribution in [3.8, 4) is 11.1 Å². The van der Waals surface area contributed by atoms with Crippen LogP contribution >= 0.6 is 0 Å². The van der Waals surface area contributed by atoms with Gasteiger partial charge >= 0.3 is 5.97 Å². The minimum Gasteiger partial charge on any atom is -0.478 e. The quantitative estimate of drug-likeness (QED) is 0.574. The Balaban J connectivity index is 1.97. The van der Waals surface area contributed by atoms with E-state index in [-0.39, 0.29) is 0 Å². The fourth-order valence-electron chi connectivity index (χ4n) is 2.41. The number of aryl methyl sites for hydroxylation is 1. The van der Waals surface area contributed by atoms with Gasteiger partial charge in [0.05, 0.1) is 0 Å². The van der Waals surface area contributed by atoms with Crippen molar-refractivity contribution in [2.45, 2.75) is 26.2 Å². The third-order valence-corrected chi connectivity index (χ3v) is 3.62. The number of carboxylic acids is 1. The summed E-state index contributed by atoms with van der Waals surface area (Å²) in [5.74, 6) is -0.927. The Kier molecular flexibility index (Phi) is 6.37. The lowest BCUT2D eigenvalue weighted by molar-refractivity contribution is -0.131. The summed E-state index contributed by atoms with van der Waals surface area (Å²) < 4.78 is 0. The van der Waals surface area contributed by atoms with Gasteiger partial charge in [0, 0.05) is 6.08 Å². The number of rotatable bonds is 7. The minimum atomic E-state index is -0.927. The van der Waals surface area contributed by atoms with E-state index in [1.54, 1.807) is 6.08 Å². The molecule has 23 heavy (non-hydrogen) atoms. The molecule has 0 saturated carbocycles. The number of hydrogen-bond acceptors (Lipinski definition) is 1. The Labute approximate surface area is 137 Å². The maximum atomic E-state index is 10.3. The predicted octanol–water partition coefficient (Wildman–Crippen LogP) is 5.05. The van der Waals surface area contributed by atoms with Crippen LogP contribution in [0.4, 0.5) is 0 Å². The van der Waals surface area contributed by atoms with E-state index < -0.39 is 5.97 Å². The fourth-order valence-corrected chi connectivity index (χ4v) is 2.41. The van der Waals surface area contributed by atoms with E-state index in [1.165, 1.54) is 34.8 Å². The first-order valence-corrected chi connectivity index (χ1v) is 7.93. The lowest BCUT2D eigenvalue weighted by Crippen LogP contribution is -1.85. The van der Waals surface area contributed by atoms with Crippen LogP contribution in [-0.2, 0) is 17.6 Å². The Morgan fingerprint density at radius 3 is 2.00 bits per heavy atom. The van der Waals surface area contributed by atoms with Crippen LogP contribution in [0.1, 0.15) is 24.5 Å². The van der Waals surface area contributed by atoms with Crippen LogP contribution in [0.3, 0.4) is 0 Å². The molecule has 2 heteroatoms. The number of carboxylic acid groups (broad SMARTS) is 1. The molecule has 0 amide bonds. The van der Waals surface area contributed by atoms with Gasteiger partial charge in [-0.15, -0.1) is 0 Å². The van der Waals surface area contributed by atoms with Crippen LogP contribution in [0.15, 0.2) is 72.8 Å². The highest BCUT2D eigenvalue weighted by Gasteiger charge is 1.98. The Morgan fingerprint density at radius 2 is 1.48 bits per heavy atom. The van der Waals surface area contributed by atoms with Gasteiger partial charge in [0.25, 0.3) is 0 Å². The SMILES string of the molecule is CCCc1ccc(-c2ccc(C/C=C/C=C/C(=O)O)cc2)cc1. The molecule has 0 saturated heterocycles. The standard InChI is InChI=1S/C21H22O2/c1-2-6-17-9-13-19(14-10-17)20-15-11-18(12-16-20)7-4-3-5-8-21(22)23/h3-5,8-16H,2,6-7H2,1H3,(H,22,23)/b4-3+,8-5+. The average Bonchev–Trinajstić information content (AvgIpc) is 2.56. The van der Waals surface area contributed by atoms with Crippen molar-refractivity contribution in [1.82, 2.24) is 0 Å². The number of benzene rings is 2. The second-order valence-electron chi connectivity index (χ2n) is 5.47. The second kappa shape index (κ2) is 8.74. The molecule has 0 fully saturated rings. The zero-order valence-electron chi connectivity index (χ0n) is 13.4. The molecular weight excluding hydrogens is 284 g/mol. The van der Waals surface area contributed by atoms with Crippen LogP contribution < -0.4 is 0 Å². The first kappa shape index (κ1) is 16.8. The zero-order chi connectivity index (χ0) is 16.5. The number of aliphatic carboxylic acids is 1. The first-order valence-electron chi connectivity index (χ1n) is 7.93. The highest BCUT2D eigenvalue weighted by molar-refractivity contribution is 5.80. The molecule has 118 valence electrons. The maximum Gasteiger partial charge on any atom is 0.328 e. The van der Waals surface area contributed by atoms with Crippen molar-refractivity contribution in [3.63, 3.8) is 0 Å². The zero-order valence-corrected chi connectivity index (χ0v) is 13.4. The lowest BCUT2D eigenvalue weighted by atomic mass is 10.0. The molecule has 0 radical (unpaired) electrons. The molecule has 2 rings (SSSR count). The first-order chi connectivity index (χ1) is 11.2. The van der Waals surface area contributed by atoms with Crippen LogP contribution in [0, 0.1) is 0 Å². The molecule has 2 aromatic rings. The Bertz CT molecular complexity index is 677. The van der Waals surface area contributed by atoms with E-state index >= 15 is 0 Å². The van der Waals surface area contributed by atoms with Gasteiger partial charge in [0.1, 0.15) is 0 Å². The van der Waals surface area contributed by atoms with E-state index in [2.05, 4.69) is 55.5 Å². The molecule has 0 aromatic heterocycles. The van der Waals surface area contributed by atoms with Crippen LogP contribution in [0.25, 0.3) is 11.1 Å². The minimum absolute atomic E-state index is 0.791. The molecule has 2 aromatic carbocycles. The van der Waals surface area contributed by atoms with Gasteiger partial charge < -0.3 is 5.11 Å². The summed E-state index contributed by atoms with van der Waals surface area (Å²) in [6, 6.07) is 17.2. The summed E-state index contributed by atoms with van der Waals surface area (Å²) in [7, 11) is 0. The summed E-state index contributed by atoms with van der Waals surface area (Å²) in [5.41, 5.74) is 5.03. The summed E-state index contributed by atoms with van der Waals surface area (Å²) in [6.45, 7) is 2.19. The van der Waals surface area contributed by atoms with Gasteiger partial charge in [-0.2, -0.15) is 0 Å². The van der Waals surface area contributed by atoms with E-state index in [0.29, 0.717) is 0 Å². The normalized spacial score (nSPS) is 11.3. The van der Waals surface area contributed by atoms with E-state index in [4.69, 9.17) is 5.11 Å². The van der Waals surface area contributed by atoms with Gasteiger partial charge in [0.2, 0.25) is 0 Å². The second-order valence-corrected chi connectivity index (χ2v) is 5.47. The van der Waals surface area contributed by atoms with Crippen molar-refractivity contribution in [2.24, 2.45) is 0 Å². The smallest absolute Gasteiger partial charge is 0.328 e. The number of hydrogen-bond donors (Lipinski definition) is 1. The number of carbonyl (C=O) groups is 1. The van der Waals surface area contributed by atoms with Gasteiger partial charge in [0.15, 0.2) is 0 Å². The Hall–Kier alpha value is -2.61. The molecule has 0 aliphatic heterocycles. The van der Waals surface area contributed by atoms with E-state index in [1.807, 2.05) is 6.08 Å². The van der Waals surface area contributed by atoms with Crippen LogP contribution in [-0.4, -0.2) is 11.1 Å². The van der Waals surface area contributed by atoms with Crippen molar-refractivity contribution in [2.75, 3.05) is 0 Å². The third-order valence-electron chi connectivity index (χ3n) is 3.62. The fraction of sp³-hybridized carbons (Fsp3) is 0.190. The molecule has 0 bridgehead atoms. The van der Waals surface area contributed by atoms with Gasteiger partial charge in [-0.1, -0.05) is 80.1 Å². The van der Waals surface area contributed by atoms with Gasteiger partial charge in [-0.25, -0.2) is 4.79 Å². The summed E-state index contributed by atoms with van der Waals surface area (Å²) >= 11 is 0. The van der Waals surface area contributed by atoms with Crippen LogP contribution in [0.2, 0.25) is 0 Å². The average molecular weight is 306 g/mol. The van der Waals surface area contributed by atoms with Crippen molar-refractivity contribution >= 4 is 5.97 Å². The third kappa shape index (κ3) is 5.59. The van der Waals surface area contributed by atoms with E-state index in [9.17, 15) is 4.79 Å². The highest BCUT2D eigenvalue weighted by Crippen LogP contribution is 2.21. The summed E-state index contributed by atoms with van der Waals surface area (Å²) in [5, 5.41) is 8.49. The van der Waals surface area contributed by atoms with Gasteiger partial charge in [-0.05, 0) is 35.1 Å². The summed E-state index contributed by atoms with van der Waals surface area (Å²) in [6.07, 6.45) is 9.46. The Morgan fingerprint density at radius 1 is 0.913 bits per heavy atom. The molecule has 2 nitrogen and oxygen atoms in total. The maximum absolute atomic E-state index is 10.3. The lowest BCUT2D eigenvalue weighted by Gasteiger charge is -2.05. The van der Waals surface area contributed by atoms with Crippen molar-refractivity contribution < 1.29 is 9.90 Å². The molecule has 0 spiro atoms. The molecule has 0 aliphatic rings. The molecule has 0 heterocycles. The largest absolute Gasteiger partial charge is 0.478 e. The molecule has 0 atom stereocenters. The topological polar surface area (TPSA) is 37.3 Å². The van der Waals surface area contributed by atoms with Crippen LogP contribution in [0.5, 0.6) is 0 Å². The van der Waals surface area contributed by atoms with Crippen molar-refractivity contribution in [3.05, 3.63) is 84.0 Å². The highest BCUT2D eigenvalue weighted by atomic mass is 16.4. The van der Waals surface area contributed by atoms with Crippen molar-refractivity contribution in [1.29, 1.82) is 0 Å². The molecule has 0 aliphatic carbocycles. The predicted molar refractivity (Wildman–Crippen MR) is 95.5 cm³/mol. The summed E-state index contributed by atoms with van der Waals surface area (Å²) in [4.78, 5) is 10.3. The van der Waals surface area contributed by atoms with E-state index in [0.717, 1.165) is 18.9 Å². The monoisotopic (exact) mass is 306 g/mol. The molecular formula is C21H22O2.